The van der Waals surface area contributed by atoms with E-state index >= 15 is 0 Å². The quantitative estimate of drug-likeness (QED) is 0.868. The van der Waals surface area contributed by atoms with Gasteiger partial charge >= 0.3 is 0 Å². The topological polar surface area (TPSA) is 29.1 Å². The second-order valence-corrected chi connectivity index (χ2v) is 6.20. The number of benzene rings is 1. The maximum atomic E-state index is 12.2. The maximum absolute atomic E-state index is 12.2. The van der Waals surface area contributed by atoms with E-state index in [0.29, 0.717) is 6.42 Å². The molecule has 0 atom stereocenters. The molecule has 1 aromatic carbocycles. The average molecular weight is 322 g/mol. The fourth-order valence-electron chi connectivity index (χ4n) is 2.18. The van der Waals surface area contributed by atoms with Crippen LogP contribution in [-0.2, 0) is 12.8 Å². The molecule has 92 valence electrons. The zero-order valence-corrected chi connectivity index (χ0v) is 12.1. The van der Waals surface area contributed by atoms with E-state index in [1.54, 1.807) is 11.3 Å². The van der Waals surface area contributed by atoms with E-state index in [9.17, 15) is 4.79 Å². The Labute approximate surface area is 118 Å². The number of anilines is 1. The van der Waals surface area contributed by atoms with Gasteiger partial charge in [0, 0.05) is 33.6 Å². The van der Waals surface area contributed by atoms with E-state index in [0.717, 1.165) is 27.9 Å². The number of halogens is 1. The Kier molecular flexibility index (Phi) is 3.22. The van der Waals surface area contributed by atoms with Crippen molar-refractivity contribution in [3.05, 3.63) is 50.1 Å². The molecule has 0 radical (unpaired) electrons. The van der Waals surface area contributed by atoms with E-state index in [4.69, 9.17) is 0 Å². The summed E-state index contributed by atoms with van der Waals surface area (Å²) in [5.41, 5.74) is 3.24. The van der Waals surface area contributed by atoms with E-state index in [1.807, 2.05) is 29.6 Å². The number of hydrogen-bond acceptors (Lipinski definition) is 3. The van der Waals surface area contributed by atoms with Gasteiger partial charge in [0.2, 0.25) is 0 Å². The number of hydrogen-bond donors (Lipinski definition) is 1. The van der Waals surface area contributed by atoms with Gasteiger partial charge in [-0.05, 0) is 57.6 Å². The van der Waals surface area contributed by atoms with Gasteiger partial charge in [0.1, 0.15) is 0 Å². The first-order valence-corrected chi connectivity index (χ1v) is 7.53. The molecule has 0 bridgehead atoms. The summed E-state index contributed by atoms with van der Waals surface area (Å²) in [6.07, 6.45) is 1.49. The number of nitrogens with one attached hydrogen (secondary N) is 1. The second-order valence-electron chi connectivity index (χ2n) is 4.34. The summed E-state index contributed by atoms with van der Waals surface area (Å²) >= 11 is 5.08. The summed E-state index contributed by atoms with van der Waals surface area (Å²) in [5, 5.41) is 5.30. The van der Waals surface area contributed by atoms with Gasteiger partial charge in [0.25, 0.3) is 0 Å². The Morgan fingerprint density at radius 3 is 3.06 bits per heavy atom. The normalized spacial score (nSPS) is 13.2. The molecular formula is C14H12BrNOS. The molecule has 3 rings (SSSR count). The van der Waals surface area contributed by atoms with Crippen LogP contribution < -0.4 is 5.32 Å². The Morgan fingerprint density at radius 1 is 1.39 bits per heavy atom. The Morgan fingerprint density at radius 2 is 2.28 bits per heavy atom. The fraction of sp³-hybridized carbons (Fsp3) is 0.214. The van der Waals surface area contributed by atoms with Crippen LogP contribution in [0.1, 0.15) is 20.8 Å². The first kappa shape index (κ1) is 11.9. The third-order valence-corrected chi connectivity index (χ3v) is 5.08. The van der Waals surface area contributed by atoms with Crippen molar-refractivity contribution in [1.82, 2.24) is 0 Å². The van der Waals surface area contributed by atoms with Crippen molar-refractivity contribution in [2.75, 3.05) is 11.9 Å². The fourth-order valence-corrected chi connectivity index (χ4v) is 3.67. The lowest BCUT2D eigenvalue weighted by Crippen LogP contribution is -2.03. The van der Waals surface area contributed by atoms with Gasteiger partial charge in [0.15, 0.2) is 5.78 Å². The van der Waals surface area contributed by atoms with Crippen LogP contribution in [0.15, 0.2) is 34.1 Å². The zero-order chi connectivity index (χ0) is 12.5. The minimum Gasteiger partial charge on any atom is -0.384 e. The van der Waals surface area contributed by atoms with Gasteiger partial charge < -0.3 is 5.32 Å². The third-order valence-electron chi connectivity index (χ3n) is 3.15. The van der Waals surface area contributed by atoms with Crippen molar-refractivity contribution in [3.8, 4) is 0 Å². The van der Waals surface area contributed by atoms with Crippen molar-refractivity contribution < 1.29 is 4.79 Å². The molecule has 0 saturated carbocycles. The highest BCUT2D eigenvalue weighted by Gasteiger charge is 2.15. The van der Waals surface area contributed by atoms with Crippen LogP contribution in [0.25, 0.3) is 0 Å². The summed E-state index contributed by atoms with van der Waals surface area (Å²) in [7, 11) is 0. The van der Waals surface area contributed by atoms with Gasteiger partial charge in [0.05, 0.1) is 0 Å². The molecule has 0 saturated heterocycles. The molecule has 1 aromatic heterocycles. The number of carbonyl (C=O) groups excluding carboxylic acids is 1. The Balaban J connectivity index is 1.83. The van der Waals surface area contributed by atoms with Crippen LogP contribution in [0.2, 0.25) is 0 Å². The maximum Gasteiger partial charge on any atom is 0.168 e. The molecule has 0 aliphatic carbocycles. The highest BCUT2D eigenvalue weighted by atomic mass is 79.9. The van der Waals surface area contributed by atoms with Crippen LogP contribution in [0.3, 0.4) is 0 Å². The van der Waals surface area contributed by atoms with Crippen molar-refractivity contribution in [3.63, 3.8) is 0 Å². The van der Waals surface area contributed by atoms with E-state index in [2.05, 4.69) is 21.2 Å². The van der Waals surface area contributed by atoms with Crippen LogP contribution in [-0.4, -0.2) is 12.3 Å². The van der Waals surface area contributed by atoms with Crippen LogP contribution in [0.4, 0.5) is 5.69 Å². The van der Waals surface area contributed by atoms with Crippen molar-refractivity contribution in [1.29, 1.82) is 0 Å². The van der Waals surface area contributed by atoms with Gasteiger partial charge in [-0.15, -0.1) is 11.3 Å². The molecule has 0 amide bonds. The third kappa shape index (κ3) is 2.22. The molecule has 1 N–H and O–H groups in total. The zero-order valence-electron chi connectivity index (χ0n) is 9.70. The van der Waals surface area contributed by atoms with Crippen molar-refractivity contribution in [2.45, 2.75) is 12.8 Å². The second kappa shape index (κ2) is 4.86. The lowest BCUT2D eigenvalue weighted by atomic mass is 10.0. The Bertz CT molecular complexity index is 606. The van der Waals surface area contributed by atoms with Crippen LogP contribution in [0, 0.1) is 0 Å². The van der Waals surface area contributed by atoms with Gasteiger partial charge in [-0.2, -0.15) is 0 Å². The molecule has 1 aliphatic rings. The van der Waals surface area contributed by atoms with Crippen molar-refractivity contribution in [2.24, 2.45) is 0 Å². The number of ketones is 1. The summed E-state index contributed by atoms with van der Waals surface area (Å²) < 4.78 is 1.03. The molecule has 2 nitrogen and oxygen atoms in total. The van der Waals surface area contributed by atoms with E-state index in [1.165, 1.54) is 11.3 Å². The first-order chi connectivity index (χ1) is 8.74. The summed E-state index contributed by atoms with van der Waals surface area (Å²) in [4.78, 5) is 13.3. The van der Waals surface area contributed by atoms with E-state index < -0.39 is 0 Å². The van der Waals surface area contributed by atoms with Gasteiger partial charge in [-0.25, -0.2) is 0 Å². The number of rotatable bonds is 3. The van der Waals surface area contributed by atoms with Gasteiger partial charge in [-0.1, -0.05) is 0 Å². The molecule has 0 fully saturated rings. The number of carbonyl (C=O) groups is 1. The number of fused-ring (bicyclic) bond motifs is 1. The monoisotopic (exact) mass is 321 g/mol. The standard InChI is InChI=1S/C14H12BrNOS/c15-11-4-6-18-14(11)8-13(17)10-1-2-12-9(7-10)3-5-16-12/h1-2,4,6-7,16H,3,5,8H2. The molecule has 4 heteroatoms. The summed E-state index contributed by atoms with van der Waals surface area (Å²) in [6, 6.07) is 7.94. The molecule has 2 heterocycles. The lowest BCUT2D eigenvalue weighted by molar-refractivity contribution is 0.0993. The van der Waals surface area contributed by atoms with E-state index in [-0.39, 0.29) is 5.78 Å². The molecule has 1 aliphatic heterocycles. The summed E-state index contributed by atoms with van der Waals surface area (Å²) in [6.45, 7) is 0.976. The largest absolute Gasteiger partial charge is 0.384 e. The molecule has 0 spiro atoms. The van der Waals surface area contributed by atoms with Crippen molar-refractivity contribution >= 4 is 38.7 Å². The highest BCUT2D eigenvalue weighted by molar-refractivity contribution is 9.10. The van der Waals surface area contributed by atoms with Gasteiger partial charge in [-0.3, -0.25) is 4.79 Å². The average Bonchev–Trinajstić information content (AvgIpc) is 2.98. The molecule has 0 unspecified atom stereocenters. The predicted molar refractivity (Wildman–Crippen MR) is 78.7 cm³/mol. The van der Waals surface area contributed by atoms with Crippen LogP contribution >= 0.6 is 27.3 Å². The molecule has 18 heavy (non-hydrogen) atoms. The number of Topliss-reactive ketones (excluding diaryl/α,β-unsaturated/α-hetero) is 1. The number of thiophene rings is 1. The lowest BCUT2D eigenvalue weighted by Gasteiger charge is -2.04. The summed E-state index contributed by atoms with van der Waals surface area (Å²) in [5.74, 6) is 0.188. The smallest absolute Gasteiger partial charge is 0.168 e. The SMILES string of the molecule is O=C(Cc1sccc1Br)c1ccc2c(c1)CCN2. The van der Waals surface area contributed by atoms with Crippen LogP contribution in [0.5, 0.6) is 0 Å². The predicted octanol–water partition coefficient (Wildman–Crippen LogP) is 3.90. The first-order valence-electron chi connectivity index (χ1n) is 5.86. The minimum atomic E-state index is 0.188. The minimum absolute atomic E-state index is 0.188. The highest BCUT2D eigenvalue weighted by Crippen LogP contribution is 2.26. The molecular weight excluding hydrogens is 310 g/mol. The molecule has 2 aromatic rings. The Hall–Kier alpha value is -1.13.